The van der Waals surface area contributed by atoms with Crippen molar-refractivity contribution in [2.75, 3.05) is 13.2 Å². The largest absolute Gasteiger partial charge is 0.478 e. The Morgan fingerprint density at radius 2 is 2.00 bits per heavy atom. The molecular weight excluding hydrogens is 272 g/mol. The van der Waals surface area contributed by atoms with E-state index in [2.05, 4.69) is 4.98 Å². The van der Waals surface area contributed by atoms with E-state index in [1.807, 2.05) is 0 Å². The molecule has 6 nitrogen and oxygen atoms in total. The third kappa shape index (κ3) is 3.39. The predicted octanol–water partition coefficient (Wildman–Crippen LogP) is 1.47. The first-order valence-electron chi connectivity index (χ1n) is 7.17. The Hall–Kier alpha value is -1.95. The summed E-state index contributed by atoms with van der Waals surface area (Å²) in [5, 5.41) is 18.2. The number of carbonyl (C=O) groups excluding carboxylic acids is 1. The molecule has 1 aromatic rings. The van der Waals surface area contributed by atoms with Crippen LogP contribution in [0.5, 0.6) is 0 Å². The molecule has 0 saturated heterocycles. The number of nitrogens with zero attached hydrogens (tertiary/aromatic N) is 2. The quantitative estimate of drug-likeness (QED) is 0.857. The van der Waals surface area contributed by atoms with Gasteiger partial charge in [-0.25, -0.2) is 9.78 Å². The van der Waals surface area contributed by atoms with Crippen molar-refractivity contribution >= 4 is 11.9 Å². The first kappa shape index (κ1) is 15.4. The van der Waals surface area contributed by atoms with Gasteiger partial charge in [-0.15, -0.1) is 0 Å². The van der Waals surface area contributed by atoms with Crippen molar-refractivity contribution in [1.29, 1.82) is 0 Å². The van der Waals surface area contributed by atoms with Crippen LogP contribution in [0.4, 0.5) is 0 Å². The molecule has 1 fully saturated rings. The van der Waals surface area contributed by atoms with Crippen molar-refractivity contribution < 1.29 is 19.8 Å². The highest BCUT2D eigenvalue weighted by atomic mass is 16.4. The highest BCUT2D eigenvalue weighted by Crippen LogP contribution is 2.24. The average Bonchev–Trinajstić information content (AvgIpc) is 2.97. The lowest BCUT2D eigenvalue weighted by Gasteiger charge is -2.28. The molecule has 1 saturated carbocycles. The minimum absolute atomic E-state index is 0.0889. The number of aliphatic hydroxyl groups is 1. The molecule has 21 heavy (non-hydrogen) atoms. The zero-order valence-corrected chi connectivity index (χ0v) is 12.1. The number of hydrogen-bond acceptors (Lipinski definition) is 4. The molecule has 0 aliphatic heterocycles. The third-order valence-electron chi connectivity index (χ3n) is 3.90. The number of carboxylic acid groups (broad SMARTS) is 1. The topological polar surface area (TPSA) is 90.7 Å². The molecule has 0 aromatic carbocycles. The molecule has 2 rings (SSSR count). The highest BCUT2D eigenvalue weighted by Gasteiger charge is 2.28. The molecule has 2 N–H and O–H groups in total. The zero-order chi connectivity index (χ0) is 15.4. The van der Waals surface area contributed by atoms with E-state index in [9.17, 15) is 14.7 Å². The minimum atomic E-state index is -1.05. The maximum atomic E-state index is 12.6. The lowest BCUT2D eigenvalue weighted by Crippen LogP contribution is -2.41. The summed E-state index contributed by atoms with van der Waals surface area (Å²) in [5.74, 6) is -1.29. The van der Waals surface area contributed by atoms with E-state index in [4.69, 9.17) is 5.11 Å². The lowest BCUT2D eigenvalue weighted by molar-refractivity contribution is 0.0628. The van der Waals surface area contributed by atoms with E-state index in [1.165, 1.54) is 12.1 Å². The fourth-order valence-corrected chi connectivity index (χ4v) is 2.83. The van der Waals surface area contributed by atoms with Gasteiger partial charge in [0.25, 0.3) is 5.91 Å². The molecule has 6 heteroatoms. The summed E-state index contributed by atoms with van der Waals surface area (Å²) in [7, 11) is 0. The van der Waals surface area contributed by atoms with Crippen LogP contribution in [-0.4, -0.2) is 51.2 Å². The van der Waals surface area contributed by atoms with Gasteiger partial charge in [0, 0.05) is 12.6 Å². The third-order valence-corrected chi connectivity index (χ3v) is 3.90. The Bertz CT molecular complexity index is 538. The fraction of sp³-hybridized carbons (Fsp3) is 0.533. The summed E-state index contributed by atoms with van der Waals surface area (Å²) in [4.78, 5) is 29.3. The minimum Gasteiger partial charge on any atom is -0.478 e. The summed E-state index contributed by atoms with van der Waals surface area (Å²) < 4.78 is 0. The van der Waals surface area contributed by atoms with E-state index in [0.717, 1.165) is 25.7 Å². The number of pyridine rings is 1. The predicted molar refractivity (Wildman–Crippen MR) is 76.3 cm³/mol. The maximum absolute atomic E-state index is 12.6. The van der Waals surface area contributed by atoms with Gasteiger partial charge in [-0.05, 0) is 31.9 Å². The van der Waals surface area contributed by atoms with Crippen LogP contribution >= 0.6 is 0 Å². The van der Waals surface area contributed by atoms with Crippen LogP contribution in [0.25, 0.3) is 0 Å². The maximum Gasteiger partial charge on any atom is 0.337 e. The van der Waals surface area contributed by atoms with Gasteiger partial charge in [-0.1, -0.05) is 12.8 Å². The van der Waals surface area contributed by atoms with Gasteiger partial charge in [0.05, 0.1) is 17.9 Å². The first-order chi connectivity index (χ1) is 10.0. The van der Waals surface area contributed by atoms with Crippen molar-refractivity contribution in [3.63, 3.8) is 0 Å². The molecule has 0 bridgehead atoms. The Morgan fingerprint density at radius 3 is 2.52 bits per heavy atom. The molecule has 0 atom stereocenters. The molecule has 1 aliphatic carbocycles. The van der Waals surface area contributed by atoms with E-state index < -0.39 is 5.97 Å². The molecule has 114 valence electrons. The number of carboxylic acids is 1. The van der Waals surface area contributed by atoms with E-state index in [0.29, 0.717) is 5.69 Å². The van der Waals surface area contributed by atoms with Crippen LogP contribution < -0.4 is 0 Å². The van der Waals surface area contributed by atoms with Crippen molar-refractivity contribution in [3.05, 3.63) is 29.1 Å². The normalized spacial score (nSPS) is 15.1. The SMILES string of the molecule is Cc1nc(C(=O)N(CCO)C2CCCC2)ccc1C(=O)O. The van der Waals surface area contributed by atoms with Crippen molar-refractivity contribution in [1.82, 2.24) is 9.88 Å². The van der Waals surface area contributed by atoms with Crippen LogP contribution in [0.3, 0.4) is 0 Å². The van der Waals surface area contributed by atoms with Gasteiger partial charge < -0.3 is 15.1 Å². The van der Waals surface area contributed by atoms with Gasteiger partial charge in [-0.3, -0.25) is 4.79 Å². The summed E-state index contributed by atoms with van der Waals surface area (Å²) in [6, 6.07) is 2.99. The second-order valence-corrected chi connectivity index (χ2v) is 5.30. The summed E-state index contributed by atoms with van der Waals surface area (Å²) >= 11 is 0. The molecular formula is C15H20N2O4. The van der Waals surface area contributed by atoms with Gasteiger partial charge >= 0.3 is 5.97 Å². The highest BCUT2D eigenvalue weighted by molar-refractivity contribution is 5.94. The molecule has 1 heterocycles. The van der Waals surface area contributed by atoms with E-state index in [-0.39, 0.29) is 36.4 Å². The smallest absolute Gasteiger partial charge is 0.337 e. The van der Waals surface area contributed by atoms with Gasteiger partial charge in [0.15, 0.2) is 0 Å². The molecule has 1 aromatic heterocycles. The number of hydrogen-bond donors (Lipinski definition) is 2. The van der Waals surface area contributed by atoms with Crippen LogP contribution in [0, 0.1) is 6.92 Å². The van der Waals surface area contributed by atoms with Crippen molar-refractivity contribution in [2.24, 2.45) is 0 Å². The summed E-state index contributed by atoms with van der Waals surface area (Å²) in [6.45, 7) is 1.77. The number of aromatic carboxylic acids is 1. The molecule has 0 spiro atoms. The van der Waals surface area contributed by atoms with Gasteiger partial charge in [0.1, 0.15) is 5.69 Å². The molecule has 1 aliphatic rings. The zero-order valence-electron chi connectivity index (χ0n) is 12.1. The molecule has 0 radical (unpaired) electrons. The second-order valence-electron chi connectivity index (χ2n) is 5.30. The Kier molecular flexibility index (Phi) is 4.90. The number of aliphatic hydroxyl groups excluding tert-OH is 1. The van der Waals surface area contributed by atoms with Crippen molar-refractivity contribution in [3.8, 4) is 0 Å². The van der Waals surface area contributed by atoms with E-state index >= 15 is 0 Å². The Balaban J connectivity index is 2.23. The van der Waals surface area contributed by atoms with E-state index in [1.54, 1.807) is 11.8 Å². The van der Waals surface area contributed by atoms with Crippen LogP contribution in [0.15, 0.2) is 12.1 Å². The number of amides is 1. The molecule has 0 unspecified atom stereocenters. The molecule has 1 amide bonds. The summed E-state index contributed by atoms with van der Waals surface area (Å²) in [5.41, 5.74) is 0.655. The van der Waals surface area contributed by atoms with Crippen molar-refractivity contribution in [2.45, 2.75) is 38.6 Å². The monoisotopic (exact) mass is 292 g/mol. The fourth-order valence-electron chi connectivity index (χ4n) is 2.83. The number of aromatic nitrogens is 1. The van der Waals surface area contributed by atoms with Gasteiger partial charge in [0.2, 0.25) is 0 Å². The second kappa shape index (κ2) is 6.67. The number of rotatable bonds is 5. The van der Waals surface area contributed by atoms with Gasteiger partial charge in [-0.2, -0.15) is 0 Å². The summed E-state index contributed by atoms with van der Waals surface area (Å²) in [6.07, 6.45) is 4.06. The standard InChI is InChI=1S/C15H20N2O4/c1-10-12(15(20)21)6-7-13(16-10)14(19)17(8-9-18)11-4-2-3-5-11/h6-7,11,18H,2-5,8-9H2,1H3,(H,20,21). The first-order valence-corrected chi connectivity index (χ1v) is 7.17. The van der Waals surface area contributed by atoms with Crippen LogP contribution in [0.1, 0.15) is 52.2 Å². The average molecular weight is 292 g/mol. The number of carbonyl (C=O) groups is 2. The number of aryl methyl sites for hydroxylation is 1. The van der Waals surface area contributed by atoms with Crippen LogP contribution in [0.2, 0.25) is 0 Å². The lowest BCUT2D eigenvalue weighted by atomic mass is 10.1. The Morgan fingerprint density at radius 1 is 1.33 bits per heavy atom. The Labute approximate surface area is 123 Å². The van der Waals surface area contributed by atoms with Crippen LogP contribution in [-0.2, 0) is 0 Å².